The van der Waals surface area contributed by atoms with E-state index in [-0.39, 0.29) is 0 Å². The van der Waals surface area contributed by atoms with Gasteiger partial charge in [0.25, 0.3) is 0 Å². The minimum atomic E-state index is 0.405. The van der Waals surface area contributed by atoms with E-state index in [1.54, 1.807) is 0 Å². The lowest BCUT2D eigenvalue weighted by Crippen LogP contribution is -1.93. The fraction of sp³-hybridized carbons (Fsp3) is 0.143. The summed E-state index contributed by atoms with van der Waals surface area (Å²) in [5.41, 5.74) is 7.72. The van der Waals surface area contributed by atoms with Crippen LogP contribution in [0.3, 0.4) is 0 Å². The van der Waals surface area contributed by atoms with E-state index in [1.807, 2.05) is 6.07 Å². The minimum Gasteiger partial charge on any atom is -0.320 e. The van der Waals surface area contributed by atoms with E-state index in [0.717, 1.165) is 5.56 Å². The zero-order valence-corrected chi connectivity index (χ0v) is 8.75. The van der Waals surface area contributed by atoms with Gasteiger partial charge in [-0.15, -0.1) is 0 Å². The summed E-state index contributed by atoms with van der Waals surface area (Å²) in [4.78, 5) is 0. The van der Waals surface area contributed by atoms with Crippen molar-refractivity contribution in [1.82, 2.24) is 0 Å². The van der Waals surface area contributed by atoms with Crippen LogP contribution in [0.5, 0.6) is 0 Å². The van der Waals surface area contributed by atoms with Gasteiger partial charge in [-0.2, -0.15) is 0 Å². The van der Waals surface area contributed by atoms with Crippen molar-refractivity contribution in [3.05, 3.63) is 47.5 Å². The average Bonchev–Trinajstić information content (AvgIpc) is 2.29. The van der Waals surface area contributed by atoms with Crippen molar-refractivity contribution >= 4 is 10.8 Å². The third-order valence-corrected chi connectivity index (χ3v) is 2.47. The predicted octanol–water partition coefficient (Wildman–Crippen LogP) is 2.46. The van der Waals surface area contributed by atoms with Crippen LogP contribution in [0, 0.1) is 18.8 Å². The van der Waals surface area contributed by atoms with Crippen LogP contribution in [0.1, 0.15) is 11.1 Å². The molecule has 0 radical (unpaired) electrons. The van der Waals surface area contributed by atoms with Gasteiger partial charge in [-0.1, -0.05) is 42.2 Å². The number of benzene rings is 2. The number of hydrogen-bond donors (Lipinski definition) is 1. The highest BCUT2D eigenvalue weighted by atomic mass is 14.5. The molecule has 0 amide bonds. The third-order valence-electron chi connectivity index (χ3n) is 2.47. The number of nitrogens with two attached hydrogens (primary N) is 1. The summed E-state index contributed by atoms with van der Waals surface area (Å²) in [7, 11) is 0. The molecule has 0 fully saturated rings. The number of rotatable bonds is 0. The molecule has 2 aromatic carbocycles. The maximum absolute atomic E-state index is 5.38. The molecule has 1 heteroatoms. The van der Waals surface area contributed by atoms with Crippen molar-refractivity contribution in [2.24, 2.45) is 5.73 Å². The molecule has 2 rings (SSSR count). The second-order valence-electron chi connectivity index (χ2n) is 3.48. The highest BCUT2D eigenvalue weighted by Gasteiger charge is 1.99. The van der Waals surface area contributed by atoms with E-state index < -0.39 is 0 Å². The fourth-order valence-electron chi connectivity index (χ4n) is 1.70. The van der Waals surface area contributed by atoms with Crippen LogP contribution in [-0.4, -0.2) is 6.54 Å². The van der Waals surface area contributed by atoms with Crippen LogP contribution in [-0.2, 0) is 0 Å². The zero-order chi connectivity index (χ0) is 10.7. The fourth-order valence-corrected chi connectivity index (χ4v) is 1.70. The van der Waals surface area contributed by atoms with Gasteiger partial charge in [-0.05, 0) is 29.3 Å². The summed E-state index contributed by atoms with van der Waals surface area (Å²) in [5.74, 6) is 5.99. The second-order valence-corrected chi connectivity index (χ2v) is 3.48. The number of aryl methyl sites for hydroxylation is 1. The van der Waals surface area contributed by atoms with Gasteiger partial charge >= 0.3 is 0 Å². The third kappa shape index (κ3) is 1.86. The Morgan fingerprint density at radius 1 is 1.07 bits per heavy atom. The van der Waals surface area contributed by atoms with Crippen molar-refractivity contribution in [2.45, 2.75) is 6.92 Å². The van der Waals surface area contributed by atoms with Gasteiger partial charge in [0.1, 0.15) is 0 Å². The Bertz CT molecular complexity index is 544. The maximum Gasteiger partial charge on any atom is 0.0555 e. The van der Waals surface area contributed by atoms with E-state index in [1.165, 1.54) is 16.3 Å². The molecule has 0 aromatic heterocycles. The van der Waals surface area contributed by atoms with Crippen molar-refractivity contribution < 1.29 is 0 Å². The van der Waals surface area contributed by atoms with Gasteiger partial charge < -0.3 is 5.73 Å². The van der Waals surface area contributed by atoms with Gasteiger partial charge in [-0.3, -0.25) is 0 Å². The highest BCUT2D eigenvalue weighted by molar-refractivity contribution is 5.90. The average molecular weight is 195 g/mol. The van der Waals surface area contributed by atoms with Crippen molar-refractivity contribution in [2.75, 3.05) is 6.54 Å². The summed E-state index contributed by atoms with van der Waals surface area (Å²) in [6.07, 6.45) is 0. The first-order valence-electron chi connectivity index (χ1n) is 5.00. The lowest BCUT2D eigenvalue weighted by Gasteiger charge is -2.03. The molecule has 1 nitrogen and oxygen atoms in total. The first-order valence-corrected chi connectivity index (χ1v) is 5.00. The molecule has 0 bridgehead atoms. The van der Waals surface area contributed by atoms with Gasteiger partial charge in [0.2, 0.25) is 0 Å². The molecule has 0 saturated carbocycles. The maximum atomic E-state index is 5.38. The molecule has 2 aromatic rings. The van der Waals surface area contributed by atoms with Crippen molar-refractivity contribution in [1.29, 1.82) is 0 Å². The van der Waals surface area contributed by atoms with E-state index >= 15 is 0 Å². The van der Waals surface area contributed by atoms with Gasteiger partial charge in [0.05, 0.1) is 6.54 Å². The largest absolute Gasteiger partial charge is 0.320 e. The molecule has 2 N–H and O–H groups in total. The summed E-state index contributed by atoms with van der Waals surface area (Å²) < 4.78 is 0. The highest BCUT2D eigenvalue weighted by Crippen LogP contribution is 2.21. The second kappa shape index (κ2) is 4.16. The van der Waals surface area contributed by atoms with E-state index in [0.29, 0.717) is 6.54 Å². The molecule has 0 atom stereocenters. The van der Waals surface area contributed by atoms with E-state index in [4.69, 9.17) is 5.73 Å². The normalized spacial score (nSPS) is 9.73. The van der Waals surface area contributed by atoms with Crippen LogP contribution in [0.25, 0.3) is 10.8 Å². The molecule has 0 saturated heterocycles. The quantitative estimate of drug-likeness (QED) is 0.642. The van der Waals surface area contributed by atoms with Crippen LogP contribution in [0.4, 0.5) is 0 Å². The molecule has 0 aliphatic rings. The van der Waals surface area contributed by atoms with Crippen LogP contribution in [0.2, 0.25) is 0 Å². The van der Waals surface area contributed by atoms with Crippen LogP contribution >= 0.6 is 0 Å². The molecule has 0 unspecified atom stereocenters. The summed E-state index contributed by atoms with van der Waals surface area (Å²) in [5, 5.41) is 2.47. The Morgan fingerprint density at radius 2 is 1.80 bits per heavy atom. The Kier molecular flexibility index (Phi) is 2.71. The lowest BCUT2D eigenvalue weighted by atomic mass is 10.0. The molecule has 0 spiro atoms. The first-order chi connectivity index (χ1) is 7.33. The molecule has 0 heterocycles. The molecule has 0 aliphatic heterocycles. The first kappa shape index (κ1) is 9.76. The van der Waals surface area contributed by atoms with E-state index in [9.17, 15) is 0 Å². The Hall–Kier alpha value is -1.78. The monoisotopic (exact) mass is 195 g/mol. The predicted molar refractivity (Wildman–Crippen MR) is 64.6 cm³/mol. The zero-order valence-electron chi connectivity index (χ0n) is 8.75. The van der Waals surface area contributed by atoms with Gasteiger partial charge in [0, 0.05) is 5.56 Å². The summed E-state index contributed by atoms with van der Waals surface area (Å²) in [6, 6.07) is 12.5. The van der Waals surface area contributed by atoms with Crippen LogP contribution in [0.15, 0.2) is 36.4 Å². The SMILES string of the molecule is Cc1ccc(C#CCN)c2ccccc12. The smallest absolute Gasteiger partial charge is 0.0555 e. The van der Waals surface area contributed by atoms with Crippen LogP contribution < -0.4 is 5.73 Å². The van der Waals surface area contributed by atoms with Gasteiger partial charge in [0.15, 0.2) is 0 Å². The Morgan fingerprint density at radius 3 is 2.53 bits per heavy atom. The van der Waals surface area contributed by atoms with Gasteiger partial charge in [-0.25, -0.2) is 0 Å². The molecular formula is C14H13N. The number of hydrogen-bond acceptors (Lipinski definition) is 1. The summed E-state index contributed by atoms with van der Waals surface area (Å²) in [6.45, 7) is 2.52. The minimum absolute atomic E-state index is 0.405. The standard InChI is InChI=1S/C14H13N/c1-11-8-9-12(5-4-10-15)14-7-3-2-6-13(11)14/h2-3,6-9H,10,15H2,1H3. The Labute approximate surface area is 89.9 Å². The summed E-state index contributed by atoms with van der Waals surface area (Å²) >= 11 is 0. The molecule has 74 valence electrons. The number of fused-ring (bicyclic) bond motifs is 1. The molecular weight excluding hydrogens is 182 g/mol. The van der Waals surface area contributed by atoms with Crippen molar-refractivity contribution in [3.63, 3.8) is 0 Å². The molecule has 0 aliphatic carbocycles. The topological polar surface area (TPSA) is 26.0 Å². The lowest BCUT2D eigenvalue weighted by molar-refractivity contribution is 1.30. The van der Waals surface area contributed by atoms with E-state index in [2.05, 4.69) is 49.1 Å². The Balaban J connectivity index is 2.72. The molecule has 15 heavy (non-hydrogen) atoms. The van der Waals surface area contributed by atoms with Crippen molar-refractivity contribution in [3.8, 4) is 11.8 Å².